The quantitative estimate of drug-likeness (QED) is 0.881. The lowest BCUT2D eigenvalue weighted by Gasteiger charge is -2.10. The van der Waals surface area contributed by atoms with Crippen molar-refractivity contribution >= 4 is 23.1 Å². The fourth-order valence-electron chi connectivity index (χ4n) is 1.34. The van der Waals surface area contributed by atoms with Gasteiger partial charge < -0.3 is 5.32 Å². The van der Waals surface area contributed by atoms with Gasteiger partial charge in [0.15, 0.2) is 0 Å². The molecule has 4 heteroatoms. The average Bonchev–Trinajstić information content (AvgIpc) is 2.68. The van der Waals surface area contributed by atoms with E-state index < -0.39 is 0 Å². The Labute approximate surface area is 99.4 Å². The average molecular weight is 234 g/mol. The van der Waals surface area contributed by atoms with Gasteiger partial charge in [-0.25, -0.2) is 4.68 Å². The zero-order valence-electron chi connectivity index (χ0n) is 8.94. The first-order valence-corrected chi connectivity index (χ1v) is 5.28. The van der Waals surface area contributed by atoms with Crippen LogP contribution in [0.3, 0.4) is 0 Å². The number of nitrogens with one attached hydrogen (secondary N) is 1. The van der Waals surface area contributed by atoms with Gasteiger partial charge in [-0.15, -0.1) is 0 Å². The van der Waals surface area contributed by atoms with Crippen LogP contribution in [0.15, 0.2) is 43.1 Å². The summed E-state index contributed by atoms with van der Waals surface area (Å²) in [6.07, 6.45) is 1.85. The number of anilines is 1. The third kappa shape index (κ3) is 2.25. The van der Waals surface area contributed by atoms with E-state index in [9.17, 15) is 0 Å². The molecule has 0 fully saturated rings. The number of benzene rings is 1. The third-order valence-corrected chi connectivity index (χ3v) is 2.48. The van der Waals surface area contributed by atoms with Crippen LogP contribution in [0.4, 0.5) is 5.69 Å². The van der Waals surface area contributed by atoms with Gasteiger partial charge in [-0.1, -0.05) is 30.3 Å². The second-order valence-corrected chi connectivity index (χ2v) is 3.86. The van der Waals surface area contributed by atoms with E-state index >= 15 is 0 Å². The molecule has 0 saturated carbocycles. The van der Waals surface area contributed by atoms with E-state index in [0.29, 0.717) is 10.8 Å². The fourth-order valence-corrected chi connectivity index (χ4v) is 1.52. The highest BCUT2D eigenvalue weighted by Crippen LogP contribution is 2.22. The molecule has 0 saturated heterocycles. The Kier molecular flexibility index (Phi) is 2.97. The molecule has 0 aliphatic rings. The zero-order valence-corrected chi connectivity index (χ0v) is 9.70. The topological polar surface area (TPSA) is 29.9 Å². The van der Waals surface area contributed by atoms with Crippen LogP contribution in [0.5, 0.6) is 0 Å². The van der Waals surface area contributed by atoms with E-state index in [4.69, 9.17) is 11.6 Å². The monoisotopic (exact) mass is 233 g/mol. The van der Waals surface area contributed by atoms with Gasteiger partial charge in [-0.3, -0.25) is 0 Å². The molecular formula is C12H12ClN3. The van der Waals surface area contributed by atoms with Crippen LogP contribution in [-0.4, -0.2) is 9.78 Å². The zero-order chi connectivity index (χ0) is 11.5. The number of hydrogen-bond acceptors (Lipinski definition) is 2. The molecule has 0 spiro atoms. The van der Waals surface area contributed by atoms with Crippen LogP contribution >= 0.6 is 11.6 Å². The SMILES string of the molecule is C=C(Nc1ccccc1Cl)n1ccc(C)n1. The number of halogens is 1. The predicted octanol–water partition coefficient (Wildman–Crippen LogP) is 3.39. The molecule has 1 heterocycles. The van der Waals surface area contributed by atoms with Gasteiger partial charge in [0.1, 0.15) is 5.82 Å². The molecule has 0 radical (unpaired) electrons. The van der Waals surface area contributed by atoms with Crippen LogP contribution in [0.25, 0.3) is 5.82 Å². The summed E-state index contributed by atoms with van der Waals surface area (Å²) >= 11 is 6.03. The summed E-state index contributed by atoms with van der Waals surface area (Å²) in [5, 5.41) is 8.02. The Balaban J connectivity index is 2.17. The van der Waals surface area contributed by atoms with Gasteiger partial charge in [0.2, 0.25) is 0 Å². The predicted molar refractivity (Wildman–Crippen MR) is 67.4 cm³/mol. The summed E-state index contributed by atoms with van der Waals surface area (Å²) in [4.78, 5) is 0. The Morgan fingerprint density at radius 1 is 1.38 bits per heavy atom. The Morgan fingerprint density at radius 3 is 2.75 bits per heavy atom. The normalized spacial score (nSPS) is 10.1. The number of hydrogen-bond donors (Lipinski definition) is 1. The van der Waals surface area contributed by atoms with Crippen molar-refractivity contribution in [3.8, 4) is 0 Å². The van der Waals surface area contributed by atoms with E-state index in [1.165, 1.54) is 0 Å². The Hall–Kier alpha value is -1.74. The van der Waals surface area contributed by atoms with Gasteiger partial charge in [-0.05, 0) is 25.1 Å². The number of nitrogens with zero attached hydrogens (tertiary/aromatic N) is 2. The molecule has 0 amide bonds. The van der Waals surface area contributed by atoms with Crippen molar-refractivity contribution in [2.45, 2.75) is 6.92 Å². The summed E-state index contributed by atoms with van der Waals surface area (Å²) in [5.41, 5.74) is 1.77. The summed E-state index contributed by atoms with van der Waals surface area (Å²) in [7, 11) is 0. The molecule has 0 aliphatic heterocycles. The minimum absolute atomic E-state index is 0.660. The largest absolute Gasteiger partial charge is 0.339 e. The van der Waals surface area contributed by atoms with Gasteiger partial charge >= 0.3 is 0 Å². The number of rotatable bonds is 3. The standard InChI is InChI=1S/C12H12ClN3/c1-9-7-8-16(15-9)10(2)14-12-6-4-3-5-11(12)13/h3-8,14H,2H2,1H3. The molecule has 3 nitrogen and oxygen atoms in total. The Morgan fingerprint density at radius 2 is 2.12 bits per heavy atom. The molecule has 0 atom stereocenters. The molecular weight excluding hydrogens is 222 g/mol. The van der Waals surface area contributed by atoms with Crippen molar-refractivity contribution in [2.24, 2.45) is 0 Å². The maximum atomic E-state index is 6.03. The molecule has 0 bridgehead atoms. The van der Waals surface area contributed by atoms with Crippen molar-refractivity contribution < 1.29 is 0 Å². The van der Waals surface area contributed by atoms with E-state index in [2.05, 4.69) is 17.0 Å². The smallest absolute Gasteiger partial charge is 0.124 e. The van der Waals surface area contributed by atoms with Crippen molar-refractivity contribution in [1.29, 1.82) is 0 Å². The summed E-state index contributed by atoms with van der Waals surface area (Å²) in [6, 6.07) is 9.43. The maximum absolute atomic E-state index is 6.03. The maximum Gasteiger partial charge on any atom is 0.124 e. The molecule has 1 aromatic heterocycles. The van der Waals surface area contributed by atoms with Crippen molar-refractivity contribution in [1.82, 2.24) is 9.78 Å². The van der Waals surface area contributed by atoms with Gasteiger partial charge in [-0.2, -0.15) is 5.10 Å². The highest BCUT2D eigenvalue weighted by molar-refractivity contribution is 6.33. The minimum Gasteiger partial charge on any atom is -0.339 e. The highest BCUT2D eigenvalue weighted by atomic mass is 35.5. The summed E-state index contributed by atoms with van der Waals surface area (Å²) in [5.74, 6) is 0.668. The minimum atomic E-state index is 0.660. The Bertz CT molecular complexity index is 516. The van der Waals surface area contributed by atoms with Gasteiger partial charge in [0.25, 0.3) is 0 Å². The second-order valence-electron chi connectivity index (χ2n) is 3.45. The summed E-state index contributed by atoms with van der Waals surface area (Å²) < 4.78 is 1.68. The molecule has 1 aromatic carbocycles. The van der Waals surface area contributed by atoms with Crippen LogP contribution in [-0.2, 0) is 0 Å². The molecule has 2 aromatic rings. The third-order valence-electron chi connectivity index (χ3n) is 2.15. The van der Waals surface area contributed by atoms with Crippen LogP contribution in [0.2, 0.25) is 5.02 Å². The van der Waals surface area contributed by atoms with Gasteiger partial charge in [0, 0.05) is 6.20 Å². The molecule has 0 aliphatic carbocycles. The molecule has 1 N–H and O–H groups in total. The van der Waals surface area contributed by atoms with Crippen LogP contribution in [0, 0.1) is 6.92 Å². The van der Waals surface area contributed by atoms with E-state index in [1.807, 2.05) is 43.5 Å². The van der Waals surface area contributed by atoms with Crippen molar-refractivity contribution in [3.05, 3.63) is 53.8 Å². The summed E-state index contributed by atoms with van der Waals surface area (Å²) in [6.45, 7) is 5.84. The first kappa shape index (κ1) is 10.8. The number of para-hydroxylation sites is 1. The van der Waals surface area contributed by atoms with Crippen LogP contribution < -0.4 is 5.32 Å². The number of aromatic nitrogens is 2. The van der Waals surface area contributed by atoms with Crippen LogP contribution in [0.1, 0.15) is 5.69 Å². The van der Waals surface area contributed by atoms with Crippen molar-refractivity contribution in [2.75, 3.05) is 5.32 Å². The van der Waals surface area contributed by atoms with Gasteiger partial charge in [0.05, 0.1) is 16.4 Å². The highest BCUT2D eigenvalue weighted by Gasteiger charge is 2.02. The second kappa shape index (κ2) is 4.41. The van der Waals surface area contributed by atoms with E-state index in [0.717, 1.165) is 11.4 Å². The molecule has 82 valence electrons. The van der Waals surface area contributed by atoms with E-state index in [1.54, 1.807) is 4.68 Å². The fraction of sp³-hybridized carbons (Fsp3) is 0.0833. The van der Waals surface area contributed by atoms with E-state index in [-0.39, 0.29) is 0 Å². The lowest BCUT2D eigenvalue weighted by Crippen LogP contribution is -2.06. The lowest BCUT2D eigenvalue weighted by molar-refractivity contribution is 0.881. The van der Waals surface area contributed by atoms with Crippen molar-refractivity contribution in [3.63, 3.8) is 0 Å². The first-order chi connectivity index (χ1) is 7.66. The molecule has 0 unspecified atom stereocenters. The molecule has 16 heavy (non-hydrogen) atoms. The molecule has 2 rings (SSSR count). The lowest BCUT2D eigenvalue weighted by atomic mass is 10.3. The first-order valence-electron chi connectivity index (χ1n) is 4.90. The number of aryl methyl sites for hydroxylation is 1.